The van der Waals surface area contributed by atoms with Gasteiger partial charge in [0.15, 0.2) is 11.5 Å². The van der Waals surface area contributed by atoms with E-state index in [0.717, 1.165) is 25.7 Å². The molecule has 0 unspecified atom stereocenters. The maximum absolute atomic E-state index is 13.6. The lowest BCUT2D eigenvalue weighted by Gasteiger charge is -2.43. The fourth-order valence-electron chi connectivity index (χ4n) is 7.45. The maximum atomic E-state index is 13.6. The minimum absolute atomic E-state index is 0. The molecule has 4 saturated heterocycles. The van der Waals surface area contributed by atoms with Crippen LogP contribution in [0.2, 0.25) is 10.0 Å². The number of nitrogens with zero attached hydrogens (tertiary/aromatic N) is 3. The van der Waals surface area contributed by atoms with E-state index < -0.39 is 29.7 Å². The summed E-state index contributed by atoms with van der Waals surface area (Å²) in [4.78, 5) is 77.3. The van der Waals surface area contributed by atoms with Gasteiger partial charge < -0.3 is 65.3 Å². The zero-order valence-electron chi connectivity index (χ0n) is 36.4. The molecule has 0 aromatic heterocycles. The Labute approximate surface area is 404 Å². The number of piperazine rings is 2. The van der Waals surface area contributed by atoms with Crippen LogP contribution >= 0.6 is 35.6 Å². The van der Waals surface area contributed by atoms with Crippen molar-refractivity contribution in [2.45, 2.75) is 12.1 Å². The summed E-state index contributed by atoms with van der Waals surface area (Å²) in [6, 6.07) is 15.8. The number of rotatable bonds is 8. The Morgan fingerprint density at radius 1 is 0.676 bits per heavy atom. The number of ether oxygens (including phenoxy) is 4. The van der Waals surface area contributed by atoms with Crippen LogP contribution in [0.25, 0.3) is 0 Å². The molecule has 4 aliphatic rings. The summed E-state index contributed by atoms with van der Waals surface area (Å²) < 4.78 is 47.9. The zero-order chi connectivity index (χ0) is 48.2. The van der Waals surface area contributed by atoms with Crippen LogP contribution in [0.3, 0.4) is 0 Å². The van der Waals surface area contributed by atoms with Crippen LogP contribution in [0.15, 0.2) is 72.8 Å². The van der Waals surface area contributed by atoms with Crippen LogP contribution in [0.5, 0.6) is 11.5 Å². The number of halogens is 5. The Morgan fingerprint density at radius 3 is 1.65 bits per heavy atom. The van der Waals surface area contributed by atoms with Gasteiger partial charge >= 0.3 is 18.0 Å². The number of para-hydroxylation sites is 2. The molecule has 4 fully saturated rings. The molecule has 364 valence electrons. The number of methoxy groups -OCH3 is 2. The predicted molar refractivity (Wildman–Crippen MR) is 250 cm³/mol. The molecular weight excluding hydrogens is 961 g/mol. The first-order valence-corrected chi connectivity index (χ1v) is 21.3. The van der Waals surface area contributed by atoms with Crippen molar-refractivity contribution in [3.63, 3.8) is 0 Å². The zero-order valence-corrected chi connectivity index (χ0v) is 38.8. The standard InChI is InChI=1S/C22H22ClFN4O5.C15H12ClFN2O4.C7H12N2O2.ClH/c1-32-20-14(21(30)27-8-9-28-13(10-27)11-33-12-18(28)29)4-2-7-17(20)26-22(31)25-16-6-3-5-15(24)19(16)23;1-23-13-8(14(20)21)4-2-7-11(13)19-15(22)18-10-6-3-5-9(17)12(10)16;10-7-5-11-4-6-3-8-1-2-9(6)7;/h2-7,13H,8-12H2,1H3,(H2,25,26,31);2-7H,1H3,(H,20,21)(H2,18,19,22);6,8H,1-5H2;1H/t13-;;6-;/m1.1./s1. The Kier molecular flexibility index (Phi) is 18.9. The maximum Gasteiger partial charge on any atom is 0.339 e. The smallest absolute Gasteiger partial charge is 0.339 e. The molecule has 0 radical (unpaired) electrons. The van der Waals surface area contributed by atoms with Crippen LogP contribution < -0.4 is 36.1 Å². The molecule has 6 N–H and O–H groups in total. The number of carboxylic acid groups (broad SMARTS) is 1. The van der Waals surface area contributed by atoms with Gasteiger partial charge in [-0.15, -0.1) is 12.4 Å². The van der Waals surface area contributed by atoms with Crippen LogP contribution in [-0.2, 0) is 19.1 Å². The number of morpholine rings is 2. The highest BCUT2D eigenvalue weighted by Crippen LogP contribution is 2.33. The highest BCUT2D eigenvalue weighted by atomic mass is 35.5. The quantitative estimate of drug-likeness (QED) is 0.122. The first-order chi connectivity index (χ1) is 32.2. The molecule has 7 amide bonds. The predicted octanol–water partition coefficient (Wildman–Crippen LogP) is 5.88. The number of hydrogen-bond acceptors (Lipinski definition) is 11. The van der Waals surface area contributed by atoms with Crippen molar-refractivity contribution in [3.8, 4) is 11.5 Å². The van der Waals surface area contributed by atoms with Crippen molar-refractivity contribution in [2.24, 2.45) is 0 Å². The SMILES string of the molecule is COc1c(NC(=O)Nc2cccc(F)c2Cl)cccc1C(=O)N1CCN2C(=O)COC[C@H]2C1.COc1c(NC(=O)Nc2cccc(F)c2Cl)cccc1C(=O)O.Cl.O=C1COC[C@H]2CNCCN12. The molecule has 4 heterocycles. The topological polar surface area (TPSA) is 229 Å². The van der Waals surface area contributed by atoms with E-state index in [1.807, 2.05) is 4.90 Å². The minimum Gasteiger partial charge on any atom is -0.494 e. The molecule has 68 heavy (non-hydrogen) atoms. The second-order valence-electron chi connectivity index (χ2n) is 14.9. The largest absolute Gasteiger partial charge is 0.494 e. The lowest BCUT2D eigenvalue weighted by molar-refractivity contribution is -0.151. The highest BCUT2D eigenvalue weighted by Gasteiger charge is 2.36. The molecule has 19 nitrogen and oxygen atoms in total. The number of carbonyl (C=O) groups excluding carboxylic acids is 5. The monoisotopic (exact) mass is 1010 g/mol. The van der Waals surface area contributed by atoms with Crippen molar-refractivity contribution < 1.29 is 61.6 Å². The van der Waals surface area contributed by atoms with Gasteiger partial charge in [-0.3, -0.25) is 14.4 Å². The van der Waals surface area contributed by atoms with E-state index in [-0.39, 0.29) is 111 Å². The Hall–Kier alpha value is -6.49. The highest BCUT2D eigenvalue weighted by molar-refractivity contribution is 6.34. The lowest BCUT2D eigenvalue weighted by Crippen LogP contribution is -2.61. The van der Waals surface area contributed by atoms with Crippen LogP contribution in [0.4, 0.5) is 41.1 Å². The average Bonchev–Trinajstić information content (AvgIpc) is 3.32. The first kappa shape index (κ1) is 52.5. The van der Waals surface area contributed by atoms with E-state index in [0.29, 0.717) is 32.8 Å². The average molecular weight is 1010 g/mol. The second kappa shape index (κ2) is 24.5. The minimum atomic E-state index is -1.20. The Bertz CT molecular complexity index is 2510. The molecular formula is C44H47Cl3F2N8O11. The summed E-state index contributed by atoms with van der Waals surface area (Å²) >= 11 is 11.6. The van der Waals surface area contributed by atoms with Crippen molar-refractivity contribution >= 4 is 94.1 Å². The fourth-order valence-corrected chi connectivity index (χ4v) is 7.80. The van der Waals surface area contributed by atoms with Crippen LogP contribution in [0, 0.1) is 11.6 Å². The van der Waals surface area contributed by atoms with Crippen LogP contribution in [0.1, 0.15) is 20.7 Å². The second-order valence-corrected chi connectivity index (χ2v) is 15.7. The van der Waals surface area contributed by atoms with E-state index in [2.05, 4.69) is 26.6 Å². The van der Waals surface area contributed by atoms with Gasteiger partial charge in [-0.25, -0.2) is 23.2 Å². The third kappa shape index (κ3) is 12.9. The molecule has 0 saturated carbocycles. The number of fused-ring (bicyclic) bond motifs is 2. The summed E-state index contributed by atoms with van der Waals surface area (Å²) in [6.07, 6.45) is 0. The van der Waals surface area contributed by atoms with Gasteiger partial charge in [-0.05, 0) is 48.5 Å². The van der Waals surface area contributed by atoms with E-state index in [4.69, 9.17) is 47.3 Å². The van der Waals surface area contributed by atoms with Gasteiger partial charge in [0.25, 0.3) is 5.91 Å². The van der Waals surface area contributed by atoms with Gasteiger partial charge in [-0.1, -0.05) is 47.5 Å². The number of carbonyl (C=O) groups is 6. The van der Waals surface area contributed by atoms with E-state index in [9.17, 15) is 37.5 Å². The van der Waals surface area contributed by atoms with Crippen molar-refractivity contribution in [1.29, 1.82) is 0 Å². The number of urea groups is 2. The van der Waals surface area contributed by atoms with Crippen molar-refractivity contribution in [2.75, 3.05) is 101 Å². The van der Waals surface area contributed by atoms with Gasteiger partial charge in [0.2, 0.25) is 11.8 Å². The molecule has 4 aromatic carbocycles. The Balaban J connectivity index is 0.000000213. The van der Waals surface area contributed by atoms with Gasteiger partial charge in [-0.2, -0.15) is 0 Å². The van der Waals surface area contributed by atoms with Gasteiger partial charge in [0.1, 0.15) is 30.4 Å². The number of amides is 7. The number of benzene rings is 4. The molecule has 0 bridgehead atoms. The molecule has 0 spiro atoms. The number of anilines is 4. The number of nitrogens with one attached hydrogen (secondary N) is 5. The summed E-state index contributed by atoms with van der Waals surface area (Å²) in [6.45, 7) is 5.18. The third-order valence-corrected chi connectivity index (χ3v) is 11.4. The molecule has 24 heteroatoms. The molecule has 4 aliphatic heterocycles. The van der Waals surface area contributed by atoms with E-state index in [1.54, 1.807) is 28.0 Å². The molecule has 0 aliphatic carbocycles. The number of aromatic carboxylic acids is 1. The van der Waals surface area contributed by atoms with Crippen molar-refractivity contribution in [3.05, 3.63) is 106 Å². The normalized spacial score (nSPS) is 17.2. The summed E-state index contributed by atoms with van der Waals surface area (Å²) in [5.74, 6) is -2.57. The van der Waals surface area contributed by atoms with Gasteiger partial charge in [0.05, 0.1) is 77.9 Å². The third-order valence-electron chi connectivity index (χ3n) is 10.6. The fraction of sp³-hybridized carbons (Fsp3) is 0.318. The number of hydrogen-bond donors (Lipinski definition) is 6. The van der Waals surface area contributed by atoms with Gasteiger partial charge in [0, 0.05) is 39.3 Å². The molecule has 2 atom stereocenters. The van der Waals surface area contributed by atoms with Crippen molar-refractivity contribution in [1.82, 2.24) is 20.0 Å². The van der Waals surface area contributed by atoms with E-state index in [1.165, 1.54) is 62.8 Å². The number of carboxylic acids is 1. The molecule has 4 aromatic rings. The lowest BCUT2D eigenvalue weighted by atomic mass is 10.1. The first-order valence-electron chi connectivity index (χ1n) is 20.6. The van der Waals surface area contributed by atoms with Crippen LogP contribution in [-0.4, -0.2) is 148 Å². The summed E-state index contributed by atoms with van der Waals surface area (Å²) in [5.41, 5.74) is 0.741. The summed E-state index contributed by atoms with van der Waals surface area (Å²) in [7, 11) is 2.68. The van der Waals surface area contributed by atoms with E-state index >= 15 is 0 Å². The Morgan fingerprint density at radius 2 is 1.13 bits per heavy atom. The molecule has 8 rings (SSSR count). The summed E-state index contributed by atoms with van der Waals surface area (Å²) in [5, 5.41) is 21.8.